The van der Waals surface area contributed by atoms with E-state index in [1.807, 2.05) is 0 Å². The van der Waals surface area contributed by atoms with E-state index in [1.165, 1.54) is 16.7 Å². The summed E-state index contributed by atoms with van der Waals surface area (Å²) in [4.78, 5) is 2.43. The van der Waals surface area contributed by atoms with Crippen molar-refractivity contribution in [3.8, 4) is 0 Å². The number of benzene rings is 2. The van der Waals surface area contributed by atoms with Crippen LogP contribution in [0.2, 0.25) is 0 Å². The molecule has 0 spiro atoms. The monoisotopic (exact) mass is 383 g/mol. The molecule has 0 aromatic heterocycles. The van der Waals surface area contributed by atoms with Crippen LogP contribution in [0.5, 0.6) is 0 Å². The van der Waals surface area contributed by atoms with Crippen LogP contribution in [0.15, 0.2) is 48.5 Å². The normalized spacial score (nSPS) is 15.9. The number of nitrogens with zero attached hydrogens (tertiary/aromatic N) is 1. The summed E-state index contributed by atoms with van der Waals surface area (Å²) in [6.07, 6.45) is 1.04. The molecule has 0 bridgehead atoms. The largest absolute Gasteiger partial charge is 0.379 e. The van der Waals surface area contributed by atoms with E-state index in [0.717, 1.165) is 45.0 Å². The van der Waals surface area contributed by atoms with E-state index in [2.05, 4.69) is 77.9 Å². The second-order valence-corrected chi connectivity index (χ2v) is 7.43. The van der Waals surface area contributed by atoms with Gasteiger partial charge in [-0.2, -0.15) is 0 Å². The van der Waals surface area contributed by atoms with E-state index in [9.17, 15) is 0 Å². The van der Waals surface area contributed by atoms with Gasteiger partial charge in [0.1, 0.15) is 0 Å². The summed E-state index contributed by atoms with van der Waals surface area (Å²) in [6.45, 7) is 8.70. The molecule has 144 valence electrons. The van der Waals surface area contributed by atoms with Crippen LogP contribution >= 0.6 is 12.2 Å². The van der Waals surface area contributed by atoms with Gasteiger partial charge in [0, 0.05) is 25.3 Å². The van der Waals surface area contributed by atoms with Gasteiger partial charge < -0.3 is 15.4 Å². The third-order valence-electron chi connectivity index (χ3n) is 4.95. The van der Waals surface area contributed by atoms with E-state index >= 15 is 0 Å². The first-order valence-electron chi connectivity index (χ1n) is 9.67. The molecule has 0 radical (unpaired) electrons. The van der Waals surface area contributed by atoms with Gasteiger partial charge in [-0.15, -0.1) is 0 Å². The highest BCUT2D eigenvalue weighted by Gasteiger charge is 2.19. The number of morpholine rings is 1. The Kier molecular flexibility index (Phi) is 7.21. The van der Waals surface area contributed by atoms with Gasteiger partial charge in [0.05, 0.1) is 19.3 Å². The summed E-state index contributed by atoms with van der Waals surface area (Å²) in [5, 5.41) is 7.49. The molecule has 1 aliphatic heterocycles. The molecular formula is C22H29N3OS. The van der Waals surface area contributed by atoms with E-state index in [1.54, 1.807) is 0 Å². The number of anilines is 1. The highest BCUT2D eigenvalue weighted by molar-refractivity contribution is 7.80. The molecule has 5 heteroatoms. The maximum absolute atomic E-state index is 5.60. The molecule has 0 unspecified atom stereocenters. The van der Waals surface area contributed by atoms with Crippen LogP contribution in [0.3, 0.4) is 0 Å². The minimum atomic E-state index is 0.138. The molecule has 1 atom stereocenters. The Morgan fingerprint density at radius 2 is 1.74 bits per heavy atom. The summed E-state index contributed by atoms with van der Waals surface area (Å²) in [5.41, 5.74) is 4.85. The Hall–Kier alpha value is -1.95. The van der Waals surface area contributed by atoms with Gasteiger partial charge in [-0.1, -0.05) is 48.9 Å². The first-order chi connectivity index (χ1) is 13.1. The number of ether oxygens (including phenoxy) is 1. The molecule has 4 nitrogen and oxygen atoms in total. The van der Waals surface area contributed by atoms with Gasteiger partial charge in [-0.3, -0.25) is 4.90 Å². The maximum Gasteiger partial charge on any atom is 0.171 e. The van der Waals surface area contributed by atoms with Crippen LogP contribution in [0.4, 0.5) is 5.69 Å². The number of nitrogens with one attached hydrogen (secondary N) is 2. The van der Waals surface area contributed by atoms with E-state index in [0.29, 0.717) is 5.11 Å². The zero-order valence-electron chi connectivity index (χ0n) is 16.2. The van der Waals surface area contributed by atoms with Crippen molar-refractivity contribution in [2.24, 2.45) is 0 Å². The van der Waals surface area contributed by atoms with Crippen molar-refractivity contribution in [3.63, 3.8) is 0 Å². The predicted octanol–water partition coefficient (Wildman–Crippen LogP) is 3.92. The minimum absolute atomic E-state index is 0.138. The van der Waals surface area contributed by atoms with Gasteiger partial charge in [0.15, 0.2) is 5.11 Å². The molecule has 3 rings (SSSR count). The average Bonchev–Trinajstić information content (AvgIpc) is 2.69. The molecule has 2 aromatic carbocycles. The Labute approximate surface area is 167 Å². The summed E-state index contributed by atoms with van der Waals surface area (Å²) in [5.74, 6) is 0. The maximum atomic E-state index is 5.60. The molecule has 0 aliphatic carbocycles. The molecule has 0 amide bonds. The lowest BCUT2D eigenvalue weighted by Gasteiger charge is -2.31. The Balaban J connectivity index is 1.67. The van der Waals surface area contributed by atoms with Gasteiger partial charge in [0.2, 0.25) is 0 Å². The fourth-order valence-corrected chi connectivity index (χ4v) is 3.48. The number of rotatable bonds is 6. The lowest BCUT2D eigenvalue weighted by Crippen LogP contribution is -2.44. The topological polar surface area (TPSA) is 36.5 Å². The quantitative estimate of drug-likeness (QED) is 0.740. The standard InChI is InChI=1S/C22H29N3OS/c1-3-18-6-10-20(11-7-18)23-22(27)24-21(16-25-12-14-26-15-13-25)19-8-4-17(2)5-9-19/h4-11,21H,3,12-16H2,1-2H3,(H2,23,24,27)/t21-/m0/s1. The van der Waals surface area contributed by atoms with E-state index in [4.69, 9.17) is 17.0 Å². The highest BCUT2D eigenvalue weighted by atomic mass is 32.1. The summed E-state index contributed by atoms with van der Waals surface area (Å²) in [7, 11) is 0. The van der Waals surface area contributed by atoms with Crippen LogP contribution in [-0.4, -0.2) is 42.9 Å². The highest BCUT2D eigenvalue weighted by Crippen LogP contribution is 2.17. The van der Waals surface area contributed by atoms with Crippen LogP contribution in [-0.2, 0) is 11.2 Å². The molecule has 27 heavy (non-hydrogen) atoms. The second kappa shape index (κ2) is 9.83. The number of hydrogen-bond donors (Lipinski definition) is 2. The van der Waals surface area contributed by atoms with Crippen LogP contribution in [0, 0.1) is 6.92 Å². The summed E-state index contributed by atoms with van der Waals surface area (Å²) in [6, 6.07) is 17.3. The van der Waals surface area contributed by atoms with Crippen LogP contribution in [0.1, 0.15) is 29.7 Å². The predicted molar refractivity (Wildman–Crippen MR) is 116 cm³/mol. The third kappa shape index (κ3) is 6.03. The smallest absolute Gasteiger partial charge is 0.171 e. The molecular weight excluding hydrogens is 354 g/mol. The molecule has 0 saturated carbocycles. The lowest BCUT2D eigenvalue weighted by atomic mass is 10.0. The fraction of sp³-hybridized carbons (Fsp3) is 0.409. The van der Waals surface area contributed by atoms with E-state index < -0.39 is 0 Å². The SMILES string of the molecule is CCc1ccc(NC(=S)N[C@@H](CN2CCOCC2)c2ccc(C)cc2)cc1. The van der Waals surface area contributed by atoms with Gasteiger partial charge in [0.25, 0.3) is 0 Å². The van der Waals surface area contributed by atoms with Crippen molar-refractivity contribution < 1.29 is 4.74 Å². The second-order valence-electron chi connectivity index (χ2n) is 7.03. The molecule has 2 N–H and O–H groups in total. The first-order valence-corrected chi connectivity index (χ1v) is 10.1. The van der Waals surface area contributed by atoms with Crippen molar-refractivity contribution >= 4 is 23.0 Å². The van der Waals surface area contributed by atoms with E-state index in [-0.39, 0.29) is 6.04 Å². The third-order valence-corrected chi connectivity index (χ3v) is 5.17. The zero-order chi connectivity index (χ0) is 19.1. The molecule has 1 fully saturated rings. The number of aryl methyl sites for hydroxylation is 2. The van der Waals surface area contributed by atoms with Crippen molar-refractivity contribution in [3.05, 3.63) is 65.2 Å². The summed E-state index contributed by atoms with van der Waals surface area (Å²) < 4.78 is 5.48. The lowest BCUT2D eigenvalue weighted by molar-refractivity contribution is 0.0344. The number of hydrogen-bond acceptors (Lipinski definition) is 3. The van der Waals surface area contributed by atoms with Crippen molar-refractivity contribution in [2.75, 3.05) is 38.2 Å². The van der Waals surface area contributed by atoms with Gasteiger partial charge >= 0.3 is 0 Å². The van der Waals surface area contributed by atoms with Gasteiger partial charge in [-0.25, -0.2) is 0 Å². The van der Waals surface area contributed by atoms with Gasteiger partial charge in [-0.05, 0) is 48.8 Å². The Bertz CT molecular complexity index is 724. The minimum Gasteiger partial charge on any atom is -0.379 e. The fourth-order valence-electron chi connectivity index (χ4n) is 3.22. The van der Waals surface area contributed by atoms with Crippen molar-refractivity contribution in [1.29, 1.82) is 0 Å². The average molecular weight is 384 g/mol. The molecule has 1 saturated heterocycles. The van der Waals surface area contributed by atoms with Crippen molar-refractivity contribution in [2.45, 2.75) is 26.3 Å². The van der Waals surface area contributed by atoms with Crippen LogP contribution < -0.4 is 10.6 Å². The molecule has 1 heterocycles. The first kappa shape index (κ1) is 19.8. The van der Waals surface area contributed by atoms with Crippen LogP contribution in [0.25, 0.3) is 0 Å². The van der Waals surface area contributed by atoms with Crippen molar-refractivity contribution in [1.82, 2.24) is 10.2 Å². The summed E-state index contributed by atoms with van der Waals surface area (Å²) >= 11 is 5.60. The molecule has 1 aliphatic rings. The number of thiocarbonyl (C=S) groups is 1. The Morgan fingerprint density at radius 1 is 1.07 bits per heavy atom. The Morgan fingerprint density at radius 3 is 2.37 bits per heavy atom. The zero-order valence-corrected chi connectivity index (χ0v) is 17.0. The molecule has 2 aromatic rings.